The fraction of sp³-hybridized carbons (Fsp3) is 0.278. The second-order valence-corrected chi connectivity index (χ2v) is 5.97. The molecule has 0 aliphatic heterocycles. The molecule has 0 heterocycles. The van der Waals surface area contributed by atoms with Gasteiger partial charge >= 0.3 is 6.18 Å². The van der Waals surface area contributed by atoms with E-state index in [1.54, 1.807) is 18.2 Å². The number of alkyl halides is 3. The summed E-state index contributed by atoms with van der Waals surface area (Å²) >= 11 is 5.86. The number of carbonyl (C=O) groups is 1. The van der Waals surface area contributed by atoms with Crippen LogP contribution in [0.15, 0.2) is 42.5 Å². The van der Waals surface area contributed by atoms with Gasteiger partial charge < -0.3 is 10.6 Å². The van der Waals surface area contributed by atoms with E-state index < -0.39 is 11.7 Å². The number of benzene rings is 2. The van der Waals surface area contributed by atoms with Crippen LogP contribution < -0.4 is 10.6 Å². The van der Waals surface area contributed by atoms with Gasteiger partial charge in [0.2, 0.25) is 5.91 Å². The Morgan fingerprint density at radius 2 is 1.81 bits per heavy atom. The van der Waals surface area contributed by atoms with Crippen molar-refractivity contribution in [2.45, 2.75) is 19.0 Å². The lowest BCUT2D eigenvalue weighted by Gasteiger charge is -2.12. The SMILES string of the molecule is O=C(CCNc1cc(C(F)(F)F)ccc1Cl)NCCc1ccccc1F. The summed E-state index contributed by atoms with van der Waals surface area (Å²) in [5.74, 6) is -0.625. The van der Waals surface area contributed by atoms with E-state index in [4.69, 9.17) is 11.6 Å². The number of amides is 1. The van der Waals surface area contributed by atoms with Crippen molar-refractivity contribution in [3.63, 3.8) is 0 Å². The summed E-state index contributed by atoms with van der Waals surface area (Å²) in [5.41, 5.74) is -0.207. The van der Waals surface area contributed by atoms with Gasteiger partial charge in [0.1, 0.15) is 5.82 Å². The molecule has 0 bridgehead atoms. The monoisotopic (exact) mass is 388 g/mol. The predicted octanol–water partition coefficient (Wildman–Crippen LogP) is 4.66. The molecule has 0 saturated heterocycles. The third-order valence-corrected chi connectivity index (χ3v) is 3.97. The first kappa shape index (κ1) is 20.0. The number of rotatable bonds is 7. The predicted molar refractivity (Wildman–Crippen MR) is 92.7 cm³/mol. The van der Waals surface area contributed by atoms with Gasteiger partial charge in [-0.3, -0.25) is 4.79 Å². The van der Waals surface area contributed by atoms with Crippen LogP contribution in [0.25, 0.3) is 0 Å². The van der Waals surface area contributed by atoms with E-state index in [0.717, 1.165) is 18.2 Å². The summed E-state index contributed by atoms with van der Waals surface area (Å²) in [6.45, 7) is 0.386. The average molecular weight is 389 g/mol. The zero-order chi connectivity index (χ0) is 19.2. The van der Waals surface area contributed by atoms with Crippen LogP contribution in [0.4, 0.5) is 23.2 Å². The largest absolute Gasteiger partial charge is 0.416 e. The van der Waals surface area contributed by atoms with Gasteiger partial charge in [0.15, 0.2) is 0 Å². The Balaban J connectivity index is 1.77. The lowest BCUT2D eigenvalue weighted by atomic mass is 10.1. The molecule has 3 nitrogen and oxygen atoms in total. The zero-order valence-electron chi connectivity index (χ0n) is 13.7. The quantitative estimate of drug-likeness (QED) is 0.677. The maximum Gasteiger partial charge on any atom is 0.416 e. The highest BCUT2D eigenvalue weighted by atomic mass is 35.5. The minimum absolute atomic E-state index is 0.0455. The normalized spacial score (nSPS) is 11.3. The van der Waals surface area contributed by atoms with Crippen molar-refractivity contribution >= 4 is 23.2 Å². The Labute approximate surface area is 153 Å². The van der Waals surface area contributed by atoms with Crippen molar-refractivity contribution in [1.29, 1.82) is 0 Å². The molecule has 140 valence electrons. The number of nitrogens with one attached hydrogen (secondary N) is 2. The van der Waals surface area contributed by atoms with Crippen LogP contribution in [0.5, 0.6) is 0 Å². The first-order valence-corrected chi connectivity index (χ1v) is 8.26. The van der Waals surface area contributed by atoms with Gasteiger partial charge in [-0.1, -0.05) is 29.8 Å². The van der Waals surface area contributed by atoms with Crippen LogP contribution in [-0.4, -0.2) is 19.0 Å². The minimum atomic E-state index is -4.47. The average Bonchev–Trinajstić information content (AvgIpc) is 2.57. The summed E-state index contributed by atoms with van der Waals surface area (Å²) in [4.78, 5) is 11.8. The van der Waals surface area contributed by atoms with E-state index in [2.05, 4.69) is 10.6 Å². The molecule has 0 unspecified atom stereocenters. The molecule has 2 N–H and O–H groups in total. The highest BCUT2D eigenvalue weighted by molar-refractivity contribution is 6.33. The Morgan fingerprint density at radius 3 is 2.50 bits per heavy atom. The lowest BCUT2D eigenvalue weighted by Crippen LogP contribution is -2.27. The zero-order valence-corrected chi connectivity index (χ0v) is 14.4. The van der Waals surface area contributed by atoms with E-state index in [9.17, 15) is 22.4 Å². The molecule has 0 aliphatic rings. The molecule has 0 radical (unpaired) electrons. The standard InChI is InChI=1S/C18H17ClF4N2O/c19-14-6-5-13(18(21,22)23)11-16(14)24-10-8-17(26)25-9-7-12-3-1-2-4-15(12)20/h1-6,11,24H,7-10H2,(H,25,26). The molecule has 2 rings (SSSR count). The van der Waals surface area contributed by atoms with E-state index in [1.165, 1.54) is 6.07 Å². The lowest BCUT2D eigenvalue weighted by molar-refractivity contribution is -0.137. The molecule has 8 heteroatoms. The van der Waals surface area contributed by atoms with Crippen molar-refractivity contribution in [3.8, 4) is 0 Å². The van der Waals surface area contributed by atoms with Crippen molar-refractivity contribution in [3.05, 3.63) is 64.4 Å². The van der Waals surface area contributed by atoms with Crippen LogP contribution in [0.1, 0.15) is 17.5 Å². The van der Waals surface area contributed by atoms with Crippen molar-refractivity contribution in [2.24, 2.45) is 0 Å². The fourth-order valence-corrected chi connectivity index (χ4v) is 2.46. The second kappa shape index (κ2) is 8.89. The van der Waals surface area contributed by atoms with Gasteiger partial charge in [0, 0.05) is 19.5 Å². The fourth-order valence-electron chi connectivity index (χ4n) is 2.27. The summed E-state index contributed by atoms with van der Waals surface area (Å²) in [7, 11) is 0. The third-order valence-electron chi connectivity index (χ3n) is 3.64. The van der Waals surface area contributed by atoms with Gasteiger partial charge in [-0.15, -0.1) is 0 Å². The molecule has 0 spiro atoms. The topological polar surface area (TPSA) is 41.1 Å². The van der Waals surface area contributed by atoms with Crippen LogP contribution in [0.2, 0.25) is 5.02 Å². The molecule has 0 saturated carbocycles. The Morgan fingerprint density at radius 1 is 1.08 bits per heavy atom. The molecular formula is C18H17ClF4N2O. The smallest absolute Gasteiger partial charge is 0.383 e. The molecule has 1 amide bonds. The number of hydrogen-bond donors (Lipinski definition) is 2. The highest BCUT2D eigenvalue weighted by Crippen LogP contribution is 2.33. The number of hydrogen-bond acceptors (Lipinski definition) is 2. The Kier molecular flexibility index (Phi) is 6.85. The highest BCUT2D eigenvalue weighted by Gasteiger charge is 2.30. The van der Waals surface area contributed by atoms with Crippen LogP contribution in [0.3, 0.4) is 0 Å². The van der Waals surface area contributed by atoms with Crippen molar-refractivity contribution in [2.75, 3.05) is 18.4 Å². The van der Waals surface area contributed by atoms with Crippen molar-refractivity contribution in [1.82, 2.24) is 5.32 Å². The van der Waals surface area contributed by atoms with Crippen LogP contribution in [0, 0.1) is 5.82 Å². The molecule has 0 aliphatic carbocycles. The Hall–Kier alpha value is -2.28. The van der Waals surface area contributed by atoms with E-state index in [1.807, 2.05) is 0 Å². The minimum Gasteiger partial charge on any atom is -0.383 e. The van der Waals surface area contributed by atoms with Crippen LogP contribution in [-0.2, 0) is 17.4 Å². The first-order chi connectivity index (χ1) is 12.3. The number of anilines is 1. The van der Waals surface area contributed by atoms with E-state index in [-0.39, 0.29) is 41.9 Å². The second-order valence-electron chi connectivity index (χ2n) is 5.56. The van der Waals surface area contributed by atoms with Gasteiger partial charge in [0.05, 0.1) is 16.3 Å². The summed E-state index contributed by atoms with van der Waals surface area (Å²) in [5, 5.41) is 5.49. The van der Waals surface area contributed by atoms with Gasteiger partial charge in [-0.2, -0.15) is 13.2 Å². The summed E-state index contributed by atoms with van der Waals surface area (Å²) < 4.78 is 51.5. The van der Waals surface area contributed by atoms with E-state index >= 15 is 0 Å². The molecule has 2 aromatic rings. The van der Waals surface area contributed by atoms with E-state index in [0.29, 0.717) is 12.0 Å². The molecule has 26 heavy (non-hydrogen) atoms. The molecular weight excluding hydrogens is 372 g/mol. The Bertz CT molecular complexity index is 765. The number of halogens is 5. The van der Waals surface area contributed by atoms with Crippen LogP contribution >= 0.6 is 11.6 Å². The molecule has 0 fully saturated rings. The molecule has 2 aromatic carbocycles. The summed E-state index contributed by atoms with van der Waals surface area (Å²) in [6, 6.07) is 9.23. The van der Waals surface area contributed by atoms with Gasteiger partial charge in [-0.25, -0.2) is 4.39 Å². The summed E-state index contributed by atoms with van der Waals surface area (Å²) in [6.07, 6.45) is -4.07. The molecule has 0 atom stereocenters. The maximum atomic E-state index is 13.4. The first-order valence-electron chi connectivity index (χ1n) is 7.88. The van der Waals surface area contributed by atoms with Gasteiger partial charge in [-0.05, 0) is 36.2 Å². The molecule has 0 aromatic heterocycles. The van der Waals surface area contributed by atoms with Gasteiger partial charge in [0.25, 0.3) is 0 Å². The third kappa shape index (κ3) is 5.91. The maximum absolute atomic E-state index is 13.4. The van der Waals surface area contributed by atoms with Crippen molar-refractivity contribution < 1.29 is 22.4 Å². The number of carbonyl (C=O) groups excluding carboxylic acids is 1.